The maximum absolute atomic E-state index is 12.7. The number of urea groups is 1. The fourth-order valence-corrected chi connectivity index (χ4v) is 4.13. The molecule has 2 N–H and O–H groups in total. The van der Waals surface area contributed by atoms with Crippen LogP contribution in [0, 0.1) is 0 Å². The minimum atomic E-state index is -0.179. The van der Waals surface area contributed by atoms with Gasteiger partial charge in [0.1, 0.15) is 12.1 Å². The Morgan fingerprint density at radius 3 is 2.82 bits per heavy atom. The smallest absolute Gasteiger partial charge is 0.322 e. The van der Waals surface area contributed by atoms with Gasteiger partial charge < -0.3 is 19.9 Å². The Hall–Kier alpha value is -3.00. The van der Waals surface area contributed by atoms with E-state index in [1.165, 1.54) is 0 Å². The van der Waals surface area contributed by atoms with Gasteiger partial charge in [-0.05, 0) is 36.2 Å². The fraction of sp³-hybridized carbons (Fsp3) is 0.250. The first-order chi connectivity index (χ1) is 13.5. The van der Waals surface area contributed by atoms with Gasteiger partial charge in [0.05, 0.1) is 6.54 Å². The first-order valence-corrected chi connectivity index (χ1v) is 9.85. The van der Waals surface area contributed by atoms with Crippen molar-refractivity contribution in [1.29, 1.82) is 0 Å². The molecule has 3 aromatic rings. The quantitative estimate of drug-likeness (QED) is 0.654. The van der Waals surface area contributed by atoms with Crippen molar-refractivity contribution >= 4 is 23.5 Å². The topological polar surface area (TPSA) is 83.3 Å². The molecule has 0 bridgehead atoms. The summed E-state index contributed by atoms with van der Waals surface area (Å²) in [5, 5.41) is 22.0. The van der Waals surface area contributed by atoms with Gasteiger partial charge in [-0.15, -0.1) is 10.2 Å². The van der Waals surface area contributed by atoms with E-state index in [-0.39, 0.29) is 17.0 Å². The number of aromatic nitrogens is 3. The van der Waals surface area contributed by atoms with Crippen LogP contribution in [-0.2, 0) is 20.1 Å². The number of carbonyl (C=O) groups excluding carboxylic acids is 1. The molecular formula is C20H21N5O2S. The summed E-state index contributed by atoms with van der Waals surface area (Å²) in [5.74, 6) is 0.240. The molecule has 1 aromatic heterocycles. The van der Waals surface area contributed by atoms with Gasteiger partial charge in [-0.3, -0.25) is 0 Å². The minimum absolute atomic E-state index is 0.160. The van der Waals surface area contributed by atoms with Crippen molar-refractivity contribution < 1.29 is 9.90 Å². The highest BCUT2D eigenvalue weighted by Gasteiger charge is 2.25. The van der Waals surface area contributed by atoms with Crippen LogP contribution in [0.15, 0.2) is 53.9 Å². The maximum atomic E-state index is 12.7. The van der Waals surface area contributed by atoms with Crippen molar-refractivity contribution in [3.63, 3.8) is 0 Å². The van der Waals surface area contributed by atoms with E-state index < -0.39 is 0 Å². The minimum Gasteiger partial charge on any atom is -0.508 e. The van der Waals surface area contributed by atoms with E-state index in [1.54, 1.807) is 35.1 Å². The molecule has 0 aliphatic carbocycles. The molecule has 1 aliphatic heterocycles. The first-order valence-electron chi connectivity index (χ1n) is 8.97. The summed E-state index contributed by atoms with van der Waals surface area (Å²) in [7, 11) is 1.91. The fourth-order valence-electron chi connectivity index (χ4n) is 3.23. The van der Waals surface area contributed by atoms with Crippen LogP contribution in [-0.4, -0.2) is 30.8 Å². The van der Waals surface area contributed by atoms with Crippen LogP contribution in [0.5, 0.6) is 5.75 Å². The van der Waals surface area contributed by atoms with E-state index in [4.69, 9.17) is 0 Å². The summed E-state index contributed by atoms with van der Waals surface area (Å²) in [6.45, 7) is 3.00. The van der Waals surface area contributed by atoms with Crippen LogP contribution in [0.4, 0.5) is 10.5 Å². The molecule has 0 radical (unpaired) electrons. The average molecular weight is 395 g/mol. The van der Waals surface area contributed by atoms with Crippen molar-refractivity contribution in [3.05, 3.63) is 65.5 Å². The largest absolute Gasteiger partial charge is 0.508 e. The Bertz CT molecular complexity index is 1020. The van der Waals surface area contributed by atoms with Crippen molar-refractivity contribution in [2.45, 2.75) is 30.4 Å². The second-order valence-corrected chi connectivity index (χ2v) is 8.12. The second-order valence-electron chi connectivity index (χ2n) is 6.81. The highest BCUT2D eigenvalue weighted by atomic mass is 32.2. The van der Waals surface area contributed by atoms with Gasteiger partial charge in [-0.25, -0.2) is 4.79 Å². The lowest BCUT2D eigenvalue weighted by Gasteiger charge is -2.18. The molecule has 144 valence electrons. The molecule has 8 heteroatoms. The number of benzene rings is 2. The third kappa shape index (κ3) is 3.68. The number of aromatic hydroxyl groups is 1. The van der Waals surface area contributed by atoms with Gasteiger partial charge in [0.15, 0.2) is 5.16 Å². The molecular weight excluding hydrogens is 374 g/mol. The van der Waals surface area contributed by atoms with Crippen LogP contribution in [0.3, 0.4) is 0 Å². The van der Waals surface area contributed by atoms with E-state index in [0.29, 0.717) is 13.1 Å². The molecule has 0 fully saturated rings. The number of hydrogen-bond acceptors (Lipinski definition) is 5. The molecule has 0 spiro atoms. The number of nitrogens with zero attached hydrogens (tertiary/aromatic N) is 4. The summed E-state index contributed by atoms with van der Waals surface area (Å²) in [4.78, 5) is 14.4. The molecule has 0 saturated carbocycles. The zero-order chi connectivity index (χ0) is 19.7. The predicted molar refractivity (Wildman–Crippen MR) is 108 cm³/mol. The van der Waals surface area contributed by atoms with Crippen molar-refractivity contribution in [3.8, 4) is 5.75 Å². The molecule has 0 saturated heterocycles. The van der Waals surface area contributed by atoms with Gasteiger partial charge in [-0.2, -0.15) is 0 Å². The Balaban J connectivity index is 1.43. The van der Waals surface area contributed by atoms with Crippen LogP contribution >= 0.6 is 11.8 Å². The lowest BCUT2D eigenvalue weighted by molar-refractivity contribution is 0.212. The molecule has 2 amide bonds. The number of thioether (sulfide) groups is 1. The van der Waals surface area contributed by atoms with Crippen molar-refractivity contribution in [2.24, 2.45) is 7.05 Å². The molecule has 28 heavy (non-hydrogen) atoms. The Morgan fingerprint density at radius 2 is 2.07 bits per heavy atom. The molecule has 7 nitrogen and oxygen atoms in total. The average Bonchev–Trinajstić information content (AvgIpc) is 3.29. The van der Waals surface area contributed by atoms with Crippen molar-refractivity contribution in [1.82, 2.24) is 19.7 Å². The number of phenols is 1. The van der Waals surface area contributed by atoms with Crippen LogP contribution in [0.1, 0.15) is 28.9 Å². The number of hydrogen-bond donors (Lipinski definition) is 2. The summed E-state index contributed by atoms with van der Waals surface area (Å²) < 4.78 is 1.88. The number of nitrogens with one attached hydrogen (secondary N) is 1. The van der Waals surface area contributed by atoms with Crippen LogP contribution in [0.2, 0.25) is 0 Å². The van der Waals surface area contributed by atoms with E-state index in [1.807, 2.05) is 41.9 Å². The lowest BCUT2D eigenvalue weighted by atomic mass is 10.1. The molecule has 1 atom stereocenters. The van der Waals surface area contributed by atoms with Gasteiger partial charge in [0.2, 0.25) is 0 Å². The molecule has 1 aliphatic rings. The SMILES string of the molecule is CC(Sc1nncn1C)c1cccc(NC(=O)N2Cc3cccc(O)c3C2)c1. The maximum Gasteiger partial charge on any atom is 0.322 e. The number of rotatable bonds is 4. The standard InChI is InChI=1S/C20H21N5O2S/c1-13(28-20-23-21-12-24(20)2)14-5-3-7-16(9-14)22-19(27)25-10-15-6-4-8-18(26)17(15)11-25/h3-9,12-13,26H,10-11H2,1-2H3,(H,22,27). The van der Waals surface area contributed by atoms with Gasteiger partial charge in [0, 0.05) is 30.1 Å². The number of carbonyl (C=O) groups is 1. The second kappa shape index (κ2) is 7.55. The normalized spacial score (nSPS) is 14.0. The molecule has 1 unspecified atom stereocenters. The zero-order valence-corrected chi connectivity index (χ0v) is 16.5. The monoisotopic (exact) mass is 395 g/mol. The summed E-state index contributed by atoms with van der Waals surface area (Å²) in [6, 6.07) is 13.0. The van der Waals surface area contributed by atoms with Gasteiger partial charge in [0.25, 0.3) is 0 Å². The summed E-state index contributed by atoms with van der Waals surface area (Å²) in [5.41, 5.74) is 3.64. The predicted octanol–water partition coefficient (Wildman–Crippen LogP) is 3.92. The highest BCUT2D eigenvalue weighted by Crippen LogP contribution is 2.34. The number of phenolic OH excluding ortho intramolecular Hbond substituents is 1. The number of anilines is 1. The molecule has 2 heterocycles. The lowest BCUT2D eigenvalue weighted by Crippen LogP contribution is -2.30. The Morgan fingerprint density at radius 1 is 1.25 bits per heavy atom. The Kier molecular flexibility index (Phi) is 4.95. The summed E-state index contributed by atoms with van der Waals surface area (Å²) in [6.07, 6.45) is 1.68. The van der Waals surface area contributed by atoms with Crippen LogP contribution in [0.25, 0.3) is 0 Å². The number of aryl methyl sites for hydroxylation is 1. The molecule has 4 rings (SSSR count). The third-order valence-corrected chi connectivity index (χ3v) is 6.01. The van der Waals surface area contributed by atoms with E-state index in [2.05, 4.69) is 22.4 Å². The highest BCUT2D eigenvalue weighted by molar-refractivity contribution is 7.99. The van der Waals surface area contributed by atoms with Gasteiger partial charge in [-0.1, -0.05) is 36.0 Å². The Labute approximate surface area is 167 Å². The third-order valence-electron chi connectivity index (χ3n) is 4.81. The van der Waals surface area contributed by atoms with Crippen molar-refractivity contribution in [2.75, 3.05) is 5.32 Å². The van der Waals surface area contributed by atoms with E-state index in [0.717, 1.165) is 27.5 Å². The number of amides is 2. The van der Waals surface area contributed by atoms with E-state index >= 15 is 0 Å². The van der Waals surface area contributed by atoms with Crippen LogP contribution < -0.4 is 5.32 Å². The van der Waals surface area contributed by atoms with Gasteiger partial charge >= 0.3 is 6.03 Å². The van der Waals surface area contributed by atoms with E-state index in [9.17, 15) is 9.90 Å². The zero-order valence-electron chi connectivity index (χ0n) is 15.7. The molecule has 2 aromatic carbocycles. The number of fused-ring (bicyclic) bond motifs is 1. The first kappa shape index (κ1) is 18.4. The summed E-state index contributed by atoms with van der Waals surface area (Å²) >= 11 is 1.61.